The lowest BCUT2D eigenvalue weighted by Gasteiger charge is -2.28. The van der Waals surface area contributed by atoms with Crippen LogP contribution < -0.4 is 10.2 Å². The SMILES string of the molecule is Cc1cc(N2CCCCC2)nc(CNC(=O)c2ccccc2[N+](=O)[O-])n1. The normalized spacial score (nSPS) is 14.1. The molecule has 1 N–H and O–H groups in total. The minimum absolute atomic E-state index is 0.0291. The van der Waals surface area contributed by atoms with Gasteiger partial charge in [-0.25, -0.2) is 9.97 Å². The van der Waals surface area contributed by atoms with Gasteiger partial charge in [0.25, 0.3) is 11.6 Å². The Balaban J connectivity index is 1.72. The number of carbonyl (C=O) groups is 1. The van der Waals surface area contributed by atoms with Crippen molar-refractivity contribution < 1.29 is 9.72 Å². The van der Waals surface area contributed by atoms with Gasteiger partial charge in [0.05, 0.1) is 11.5 Å². The predicted molar refractivity (Wildman–Crippen MR) is 97.1 cm³/mol. The Morgan fingerprint density at radius 1 is 1.23 bits per heavy atom. The number of nitro benzene ring substituents is 1. The topological polar surface area (TPSA) is 101 Å². The maximum atomic E-state index is 12.3. The van der Waals surface area contributed by atoms with E-state index in [-0.39, 0.29) is 17.8 Å². The van der Waals surface area contributed by atoms with Crippen LogP contribution in [-0.2, 0) is 6.54 Å². The van der Waals surface area contributed by atoms with E-state index in [2.05, 4.69) is 20.2 Å². The fourth-order valence-electron chi connectivity index (χ4n) is 3.06. The fourth-order valence-corrected chi connectivity index (χ4v) is 3.06. The van der Waals surface area contributed by atoms with Crippen LogP contribution in [0.25, 0.3) is 0 Å². The van der Waals surface area contributed by atoms with Gasteiger partial charge in [-0.3, -0.25) is 14.9 Å². The number of benzene rings is 1. The summed E-state index contributed by atoms with van der Waals surface area (Å²) < 4.78 is 0. The van der Waals surface area contributed by atoms with E-state index in [9.17, 15) is 14.9 Å². The molecule has 0 spiro atoms. The third-order valence-electron chi connectivity index (χ3n) is 4.32. The van der Waals surface area contributed by atoms with Crippen LogP contribution >= 0.6 is 0 Å². The minimum atomic E-state index is -0.563. The number of amides is 1. The Bertz CT molecular complexity index is 818. The molecule has 26 heavy (non-hydrogen) atoms. The summed E-state index contributed by atoms with van der Waals surface area (Å²) in [6.45, 7) is 3.95. The van der Waals surface area contributed by atoms with Gasteiger partial charge in [0.2, 0.25) is 0 Å². The molecule has 2 heterocycles. The molecule has 0 saturated carbocycles. The first-order chi connectivity index (χ1) is 12.5. The molecule has 1 saturated heterocycles. The van der Waals surface area contributed by atoms with Crippen molar-refractivity contribution in [3.63, 3.8) is 0 Å². The molecule has 136 valence electrons. The largest absolute Gasteiger partial charge is 0.357 e. The maximum absolute atomic E-state index is 12.3. The average Bonchev–Trinajstić information content (AvgIpc) is 2.66. The second-order valence-corrected chi connectivity index (χ2v) is 6.29. The number of carbonyl (C=O) groups excluding carboxylic acids is 1. The predicted octanol–water partition coefficient (Wildman–Crippen LogP) is 2.61. The zero-order valence-corrected chi connectivity index (χ0v) is 14.6. The standard InChI is InChI=1S/C18H21N5O3/c1-13-11-17(22-9-5-2-6-10-22)21-16(20-13)12-19-18(24)14-7-3-4-8-15(14)23(25)26/h3-4,7-8,11H,2,5-6,9-10,12H2,1H3,(H,19,24). The number of nitrogens with zero attached hydrogens (tertiary/aromatic N) is 4. The molecule has 1 aliphatic heterocycles. The van der Waals surface area contributed by atoms with E-state index < -0.39 is 10.8 Å². The number of para-hydroxylation sites is 1. The van der Waals surface area contributed by atoms with Crippen LogP contribution in [0.15, 0.2) is 30.3 Å². The summed E-state index contributed by atoms with van der Waals surface area (Å²) >= 11 is 0. The van der Waals surface area contributed by atoms with Crippen molar-refractivity contribution in [3.05, 3.63) is 57.5 Å². The third-order valence-corrected chi connectivity index (χ3v) is 4.32. The number of anilines is 1. The van der Waals surface area contributed by atoms with E-state index in [1.165, 1.54) is 24.6 Å². The van der Waals surface area contributed by atoms with Crippen molar-refractivity contribution in [2.45, 2.75) is 32.7 Å². The lowest BCUT2D eigenvalue weighted by molar-refractivity contribution is -0.385. The van der Waals surface area contributed by atoms with Crippen LogP contribution in [0.4, 0.5) is 11.5 Å². The van der Waals surface area contributed by atoms with Crippen LogP contribution in [0.1, 0.15) is 41.1 Å². The highest BCUT2D eigenvalue weighted by molar-refractivity contribution is 5.98. The van der Waals surface area contributed by atoms with Crippen molar-refractivity contribution in [1.82, 2.24) is 15.3 Å². The minimum Gasteiger partial charge on any atom is -0.357 e. The van der Waals surface area contributed by atoms with Gasteiger partial charge >= 0.3 is 0 Å². The Labute approximate surface area is 151 Å². The van der Waals surface area contributed by atoms with E-state index in [0.717, 1.165) is 37.4 Å². The van der Waals surface area contributed by atoms with Crippen molar-refractivity contribution >= 4 is 17.4 Å². The summed E-state index contributed by atoms with van der Waals surface area (Å²) in [5.41, 5.74) is 0.640. The summed E-state index contributed by atoms with van der Waals surface area (Å²) in [4.78, 5) is 34.0. The molecule has 2 aromatic rings. The van der Waals surface area contributed by atoms with Gasteiger partial charge in [-0.1, -0.05) is 12.1 Å². The van der Waals surface area contributed by atoms with Crippen LogP contribution in [0, 0.1) is 17.0 Å². The van der Waals surface area contributed by atoms with E-state index >= 15 is 0 Å². The molecule has 0 unspecified atom stereocenters. The van der Waals surface area contributed by atoms with Crippen LogP contribution in [-0.4, -0.2) is 33.9 Å². The molecule has 1 amide bonds. The molecule has 1 aromatic heterocycles. The lowest BCUT2D eigenvalue weighted by Crippen LogP contribution is -2.31. The Morgan fingerprint density at radius 2 is 1.96 bits per heavy atom. The monoisotopic (exact) mass is 355 g/mol. The molecule has 1 fully saturated rings. The van der Waals surface area contributed by atoms with Crippen molar-refractivity contribution in [2.24, 2.45) is 0 Å². The molecule has 0 radical (unpaired) electrons. The van der Waals surface area contributed by atoms with E-state index in [4.69, 9.17) is 0 Å². The summed E-state index contributed by atoms with van der Waals surface area (Å²) in [6.07, 6.45) is 3.53. The number of hydrogen-bond donors (Lipinski definition) is 1. The lowest BCUT2D eigenvalue weighted by atomic mass is 10.1. The summed E-state index contributed by atoms with van der Waals surface area (Å²) in [5.74, 6) is 0.853. The van der Waals surface area contributed by atoms with Crippen LogP contribution in [0.3, 0.4) is 0 Å². The Morgan fingerprint density at radius 3 is 2.69 bits per heavy atom. The summed E-state index contributed by atoms with van der Waals surface area (Å²) in [7, 11) is 0. The van der Waals surface area contributed by atoms with Crippen molar-refractivity contribution in [3.8, 4) is 0 Å². The Hall–Kier alpha value is -3.03. The van der Waals surface area contributed by atoms with Gasteiger partial charge in [-0.05, 0) is 32.3 Å². The summed E-state index contributed by atoms with van der Waals surface area (Å²) in [6, 6.07) is 7.82. The quantitative estimate of drug-likeness (QED) is 0.653. The molecule has 0 aliphatic carbocycles. The second kappa shape index (κ2) is 7.90. The van der Waals surface area contributed by atoms with Crippen LogP contribution in [0.2, 0.25) is 0 Å². The Kier molecular flexibility index (Phi) is 5.40. The number of hydrogen-bond acceptors (Lipinski definition) is 6. The number of rotatable bonds is 5. The number of piperidine rings is 1. The zero-order valence-electron chi connectivity index (χ0n) is 14.6. The second-order valence-electron chi connectivity index (χ2n) is 6.29. The molecule has 0 atom stereocenters. The molecule has 8 heteroatoms. The molecule has 1 aromatic carbocycles. The average molecular weight is 355 g/mol. The van der Waals surface area contributed by atoms with Gasteiger partial charge in [0.15, 0.2) is 0 Å². The van der Waals surface area contributed by atoms with Crippen molar-refractivity contribution in [2.75, 3.05) is 18.0 Å². The first-order valence-electron chi connectivity index (χ1n) is 8.66. The summed E-state index contributed by atoms with van der Waals surface area (Å²) in [5, 5.41) is 13.7. The smallest absolute Gasteiger partial charge is 0.282 e. The molecule has 0 bridgehead atoms. The van der Waals surface area contributed by atoms with Gasteiger partial charge in [-0.2, -0.15) is 0 Å². The van der Waals surface area contributed by atoms with E-state index in [0.29, 0.717) is 5.82 Å². The number of nitro groups is 1. The van der Waals surface area contributed by atoms with Gasteiger partial charge in [0, 0.05) is 30.9 Å². The van der Waals surface area contributed by atoms with Gasteiger partial charge in [0.1, 0.15) is 17.2 Å². The molecule has 3 rings (SSSR count). The molecule has 8 nitrogen and oxygen atoms in total. The first kappa shape index (κ1) is 17.8. The first-order valence-corrected chi connectivity index (χ1v) is 8.66. The molecular weight excluding hydrogens is 334 g/mol. The van der Waals surface area contributed by atoms with Gasteiger partial charge < -0.3 is 10.2 Å². The number of aryl methyl sites for hydroxylation is 1. The number of nitrogens with one attached hydrogen (secondary N) is 1. The fraction of sp³-hybridized carbons (Fsp3) is 0.389. The maximum Gasteiger partial charge on any atom is 0.282 e. The zero-order chi connectivity index (χ0) is 18.5. The number of aromatic nitrogens is 2. The highest BCUT2D eigenvalue weighted by atomic mass is 16.6. The molecule has 1 aliphatic rings. The molecular formula is C18H21N5O3. The third kappa shape index (κ3) is 4.14. The highest BCUT2D eigenvalue weighted by Gasteiger charge is 2.19. The van der Waals surface area contributed by atoms with E-state index in [1.807, 2.05) is 13.0 Å². The highest BCUT2D eigenvalue weighted by Crippen LogP contribution is 2.19. The van der Waals surface area contributed by atoms with Crippen LogP contribution in [0.5, 0.6) is 0 Å². The van der Waals surface area contributed by atoms with Crippen molar-refractivity contribution in [1.29, 1.82) is 0 Å². The van der Waals surface area contributed by atoms with E-state index in [1.54, 1.807) is 6.07 Å². The van der Waals surface area contributed by atoms with Gasteiger partial charge in [-0.15, -0.1) is 0 Å².